The summed E-state index contributed by atoms with van der Waals surface area (Å²) in [6.07, 6.45) is 2.43. The van der Waals surface area contributed by atoms with Gasteiger partial charge in [-0.25, -0.2) is 4.79 Å². The van der Waals surface area contributed by atoms with Gasteiger partial charge in [-0.3, -0.25) is 15.0 Å². The Labute approximate surface area is 101 Å². The van der Waals surface area contributed by atoms with Crippen molar-refractivity contribution in [3.63, 3.8) is 0 Å². The number of imide groups is 1. The van der Waals surface area contributed by atoms with Crippen LogP contribution in [0.5, 0.6) is 0 Å². The molecule has 3 unspecified atom stereocenters. The second-order valence-corrected chi connectivity index (χ2v) is 4.95. The summed E-state index contributed by atoms with van der Waals surface area (Å²) in [4.78, 5) is 24.4. The standard InChI is InChI=1S/C11H20N4O2/c1-7(10(16)14-11(12)17)15-5-8-3-2-4-13-9(8)6-15/h7-9,13H,2-6H2,1H3,(H3,12,14,16,17). The number of nitrogens with one attached hydrogen (secondary N) is 2. The van der Waals surface area contributed by atoms with Crippen LogP contribution in [-0.2, 0) is 4.79 Å². The third-order valence-corrected chi connectivity index (χ3v) is 3.80. The maximum absolute atomic E-state index is 11.7. The summed E-state index contributed by atoms with van der Waals surface area (Å²) in [5, 5.41) is 5.62. The van der Waals surface area contributed by atoms with Gasteiger partial charge in [-0.05, 0) is 32.2 Å². The number of piperidine rings is 1. The summed E-state index contributed by atoms with van der Waals surface area (Å²) < 4.78 is 0. The number of carbonyl (C=O) groups is 2. The Balaban J connectivity index is 1.90. The number of fused-ring (bicyclic) bond motifs is 1. The first-order valence-corrected chi connectivity index (χ1v) is 6.15. The highest BCUT2D eigenvalue weighted by Gasteiger charge is 2.37. The van der Waals surface area contributed by atoms with Crippen LogP contribution in [0.25, 0.3) is 0 Å². The zero-order chi connectivity index (χ0) is 12.4. The maximum atomic E-state index is 11.7. The van der Waals surface area contributed by atoms with Gasteiger partial charge in [-0.15, -0.1) is 0 Å². The molecule has 0 radical (unpaired) electrons. The molecule has 6 heteroatoms. The molecule has 0 aromatic rings. The lowest BCUT2D eigenvalue weighted by atomic mass is 9.94. The second-order valence-electron chi connectivity index (χ2n) is 4.95. The Kier molecular flexibility index (Phi) is 3.63. The molecule has 0 aliphatic carbocycles. The van der Waals surface area contributed by atoms with Crippen molar-refractivity contribution in [2.45, 2.75) is 31.8 Å². The first kappa shape index (κ1) is 12.3. The molecule has 0 saturated carbocycles. The van der Waals surface area contributed by atoms with Gasteiger partial charge in [0, 0.05) is 19.1 Å². The number of hydrogen-bond donors (Lipinski definition) is 3. The SMILES string of the molecule is CC(C(=O)NC(N)=O)N1CC2CCCNC2C1. The van der Waals surface area contributed by atoms with E-state index in [1.165, 1.54) is 12.8 Å². The number of nitrogens with zero attached hydrogens (tertiary/aromatic N) is 1. The zero-order valence-electron chi connectivity index (χ0n) is 10.1. The molecule has 0 spiro atoms. The van der Waals surface area contributed by atoms with E-state index >= 15 is 0 Å². The van der Waals surface area contributed by atoms with Crippen molar-refractivity contribution >= 4 is 11.9 Å². The maximum Gasteiger partial charge on any atom is 0.318 e. The first-order chi connectivity index (χ1) is 8.08. The molecule has 0 aromatic heterocycles. The lowest BCUT2D eigenvalue weighted by molar-refractivity contribution is -0.124. The molecule has 96 valence electrons. The summed E-state index contributed by atoms with van der Waals surface area (Å²) >= 11 is 0. The van der Waals surface area contributed by atoms with E-state index in [9.17, 15) is 9.59 Å². The van der Waals surface area contributed by atoms with E-state index in [2.05, 4.69) is 15.5 Å². The normalized spacial score (nSPS) is 30.6. The molecule has 3 atom stereocenters. The minimum atomic E-state index is -0.781. The zero-order valence-corrected chi connectivity index (χ0v) is 10.1. The topological polar surface area (TPSA) is 87.5 Å². The second kappa shape index (κ2) is 5.01. The van der Waals surface area contributed by atoms with Crippen molar-refractivity contribution in [1.82, 2.24) is 15.5 Å². The number of primary amides is 1. The Morgan fingerprint density at radius 1 is 1.47 bits per heavy atom. The predicted octanol–water partition coefficient (Wildman–Crippen LogP) is -0.746. The van der Waals surface area contributed by atoms with Gasteiger partial charge in [0.05, 0.1) is 6.04 Å². The summed E-state index contributed by atoms with van der Waals surface area (Å²) in [5.41, 5.74) is 4.95. The quantitative estimate of drug-likeness (QED) is 0.593. The average molecular weight is 240 g/mol. The molecule has 3 amide bonds. The van der Waals surface area contributed by atoms with Crippen molar-refractivity contribution in [3.8, 4) is 0 Å². The van der Waals surface area contributed by atoms with E-state index in [4.69, 9.17) is 5.73 Å². The Morgan fingerprint density at radius 3 is 2.88 bits per heavy atom. The summed E-state index contributed by atoms with van der Waals surface area (Å²) in [6.45, 7) is 4.68. The molecule has 2 saturated heterocycles. The fourth-order valence-corrected chi connectivity index (χ4v) is 2.79. The molecule has 4 N–H and O–H groups in total. The number of carbonyl (C=O) groups excluding carboxylic acids is 2. The first-order valence-electron chi connectivity index (χ1n) is 6.15. The van der Waals surface area contributed by atoms with Crippen LogP contribution in [-0.4, -0.2) is 48.6 Å². The van der Waals surface area contributed by atoms with E-state index in [0.717, 1.165) is 19.6 Å². The van der Waals surface area contributed by atoms with Crippen LogP contribution < -0.4 is 16.4 Å². The molecule has 6 nitrogen and oxygen atoms in total. The minimum Gasteiger partial charge on any atom is -0.351 e. The number of nitrogens with two attached hydrogens (primary N) is 1. The fraction of sp³-hybridized carbons (Fsp3) is 0.818. The third kappa shape index (κ3) is 2.76. The summed E-state index contributed by atoms with van der Waals surface area (Å²) in [5.74, 6) is 0.323. The number of hydrogen-bond acceptors (Lipinski definition) is 4. The molecule has 2 aliphatic heterocycles. The molecular weight excluding hydrogens is 220 g/mol. The van der Waals surface area contributed by atoms with Crippen molar-refractivity contribution in [1.29, 1.82) is 0 Å². The van der Waals surface area contributed by atoms with Crippen molar-refractivity contribution in [2.75, 3.05) is 19.6 Å². The van der Waals surface area contributed by atoms with Crippen LogP contribution in [0.4, 0.5) is 4.79 Å². The monoisotopic (exact) mass is 240 g/mol. The van der Waals surface area contributed by atoms with Crippen LogP contribution >= 0.6 is 0 Å². The van der Waals surface area contributed by atoms with Gasteiger partial charge < -0.3 is 11.1 Å². The highest BCUT2D eigenvalue weighted by atomic mass is 16.2. The van der Waals surface area contributed by atoms with Gasteiger partial charge >= 0.3 is 6.03 Å². The number of rotatable bonds is 2. The summed E-state index contributed by atoms with van der Waals surface area (Å²) in [6, 6.07) is -0.584. The number of amides is 3. The van der Waals surface area contributed by atoms with E-state index < -0.39 is 6.03 Å². The van der Waals surface area contributed by atoms with Crippen LogP contribution in [0.1, 0.15) is 19.8 Å². The van der Waals surface area contributed by atoms with Crippen molar-refractivity contribution in [3.05, 3.63) is 0 Å². The van der Waals surface area contributed by atoms with Crippen LogP contribution in [0, 0.1) is 5.92 Å². The third-order valence-electron chi connectivity index (χ3n) is 3.80. The highest BCUT2D eigenvalue weighted by molar-refractivity contribution is 5.96. The number of likely N-dealkylation sites (tertiary alicyclic amines) is 1. The molecule has 17 heavy (non-hydrogen) atoms. The van der Waals surface area contributed by atoms with Gasteiger partial charge in [0.2, 0.25) is 5.91 Å². The predicted molar refractivity (Wildman–Crippen MR) is 63.3 cm³/mol. The van der Waals surface area contributed by atoms with E-state index in [1.54, 1.807) is 0 Å². The molecular formula is C11H20N4O2. The largest absolute Gasteiger partial charge is 0.351 e. The Morgan fingerprint density at radius 2 is 2.24 bits per heavy atom. The molecule has 0 aromatic carbocycles. The van der Waals surface area contributed by atoms with Crippen LogP contribution in [0.15, 0.2) is 0 Å². The average Bonchev–Trinajstić information content (AvgIpc) is 2.70. The lowest BCUT2D eigenvalue weighted by Crippen LogP contribution is -2.48. The Hall–Kier alpha value is -1.14. The molecule has 2 aliphatic rings. The van der Waals surface area contributed by atoms with Crippen molar-refractivity contribution in [2.24, 2.45) is 11.7 Å². The van der Waals surface area contributed by atoms with E-state index in [-0.39, 0.29) is 11.9 Å². The van der Waals surface area contributed by atoms with Crippen LogP contribution in [0.3, 0.4) is 0 Å². The smallest absolute Gasteiger partial charge is 0.318 e. The van der Waals surface area contributed by atoms with Gasteiger partial charge in [0.15, 0.2) is 0 Å². The highest BCUT2D eigenvalue weighted by Crippen LogP contribution is 2.26. The number of urea groups is 1. The molecule has 2 rings (SSSR count). The molecule has 2 heterocycles. The molecule has 0 bridgehead atoms. The van der Waals surface area contributed by atoms with E-state index in [0.29, 0.717) is 12.0 Å². The Bertz CT molecular complexity index is 307. The van der Waals surface area contributed by atoms with E-state index in [1.807, 2.05) is 6.92 Å². The van der Waals surface area contributed by atoms with Crippen LogP contribution in [0.2, 0.25) is 0 Å². The van der Waals surface area contributed by atoms with Gasteiger partial charge in [0.1, 0.15) is 0 Å². The van der Waals surface area contributed by atoms with Gasteiger partial charge in [-0.1, -0.05) is 0 Å². The summed E-state index contributed by atoms with van der Waals surface area (Å²) in [7, 11) is 0. The van der Waals surface area contributed by atoms with Gasteiger partial charge in [0.25, 0.3) is 0 Å². The van der Waals surface area contributed by atoms with Gasteiger partial charge in [-0.2, -0.15) is 0 Å². The minimum absolute atomic E-state index is 0.296. The fourth-order valence-electron chi connectivity index (χ4n) is 2.79. The van der Waals surface area contributed by atoms with Crippen molar-refractivity contribution < 1.29 is 9.59 Å². The molecule has 2 fully saturated rings. The lowest BCUT2D eigenvalue weighted by Gasteiger charge is -2.24.